The minimum atomic E-state index is -2.22. The van der Waals surface area contributed by atoms with E-state index in [1.807, 2.05) is 0 Å². The molecule has 78 heavy (non-hydrogen) atoms. The van der Waals surface area contributed by atoms with Crippen LogP contribution < -0.4 is 0 Å². The molecule has 22 aliphatic heterocycles. The van der Waals surface area contributed by atoms with Crippen molar-refractivity contribution in [3.8, 4) is 0 Å². The SMILES string of the molecule is CCC(=O)O[C@@H]1[C@@H](O)[C@H]2O[C@@H]3[C@H](OC(=O)CC)[C@@H](O)[C@@H](O[C@@H]4[C@H](OC(=O)CC)[C@@H](O)[C@@H](O[C@H]5[C@H](O)[C@@H](O)[C@@H](O[C@H]6[C@H](O)[C@@H](O)[C@@H](O[C@H]7[C@H](O)[C@@H](O)[C@@H](O[C@H]1[C@@H](CO)O2)O[C@@H]7CO)O[C@@H]6CO)O[C@@H]5CO)O[C@@H]4CO)O[C@@H]3CO. The van der Waals surface area contributed by atoms with Gasteiger partial charge in [-0.15, -0.1) is 0 Å². The van der Waals surface area contributed by atoms with Crippen molar-refractivity contribution in [3.63, 3.8) is 0 Å². The average Bonchev–Trinajstić information content (AvgIpc) is 3.60. The lowest BCUT2D eigenvalue weighted by atomic mass is 9.94. The molecule has 0 aliphatic carbocycles. The molecular weight excluding hydrogens is 1070 g/mol. The summed E-state index contributed by atoms with van der Waals surface area (Å²) >= 11 is 0. The highest BCUT2D eigenvalue weighted by atomic mass is 16.8. The van der Waals surface area contributed by atoms with Gasteiger partial charge >= 0.3 is 17.9 Å². The van der Waals surface area contributed by atoms with Gasteiger partial charge in [-0.1, -0.05) is 20.8 Å². The molecule has 30 atom stereocenters. The van der Waals surface area contributed by atoms with Crippen molar-refractivity contribution < 1.29 is 162 Å². The van der Waals surface area contributed by atoms with Gasteiger partial charge in [0, 0.05) is 19.3 Å². The number of carbonyl (C=O) groups excluding carboxylic acids is 3. The summed E-state index contributed by atoms with van der Waals surface area (Å²) in [6.07, 6.45) is -60.7. The van der Waals surface area contributed by atoms with Gasteiger partial charge in [-0.2, -0.15) is 0 Å². The maximum absolute atomic E-state index is 13.0. The Labute approximate surface area is 443 Å². The molecular formula is C45H72O33. The molecule has 0 aromatic carbocycles. The quantitative estimate of drug-likeness (QED) is 0.0637. The number of aliphatic hydroxyl groups is 15. The summed E-state index contributed by atoms with van der Waals surface area (Å²) in [5.74, 6) is -2.97. The number of esters is 3. The topological polar surface area (TPSA) is 493 Å². The van der Waals surface area contributed by atoms with E-state index in [0.717, 1.165) is 0 Å². The number of rotatable bonds is 12. The second-order valence-electron chi connectivity index (χ2n) is 19.3. The van der Waals surface area contributed by atoms with Crippen molar-refractivity contribution in [3.05, 3.63) is 0 Å². The fraction of sp³-hybridized carbons (Fsp3) is 0.933. The van der Waals surface area contributed by atoms with Crippen LogP contribution >= 0.6 is 0 Å². The van der Waals surface area contributed by atoms with Gasteiger partial charge in [-0.05, 0) is 0 Å². The third-order valence-corrected chi connectivity index (χ3v) is 14.3. The van der Waals surface area contributed by atoms with Crippen LogP contribution in [0.15, 0.2) is 0 Å². The molecule has 0 unspecified atom stereocenters. The van der Waals surface area contributed by atoms with Crippen molar-refractivity contribution in [1.82, 2.24) is 0 Å². The zero-order chi connectivity index (χ0) is 57.0. The summed E-state index contributed by atoms with van der Waals surface area (Å²) in [6, 6.07) is 0. The van der Waals surface area contributed by atoms with Crippen molar-refractivity contribution >= 4 is 17.9 Å². The lowest BCUT2D eigenvalue weighted by Crippen LogP contribution is -2.69. The standard InChI is InChI=1S/C45H72O33/c1-4-19(52)70-37-28(61)43-67-17(11-50)35(37)77-45-30(63)39(72-21(54)6-3)36(18(12-51)69-45)78-44-29(62)38(71-20(53)5-2)34(16(10-49)68-44)76-42-27(60)24(57)32(14(8-47)66-42)74-40-25(58)22(55)31(13(7-46)64-40)73-41-26(59)23(56)33(75-43)15(9-48)65-41/h13-18,22-51,55-63H,4-12H2,1-3H3/t13-,14-,15-,16-,17-,18-,22-,23-,24-,25-,26-,27-,28-,29-,30-,31-,32-,33-,34+,35+,36+,37-,38-,39-,40-,41-,42-,43-,44-,45-/m1/s1. The summed E-state index contributed by atoms with van der Waals surface area (Å²) in [4.78, 5) is 38.9. The summed E-state index contributed by atoms with van der Waals surface area (Å²) in [5.41, 5.74) is 0. The molecule has 0 aromatic heterocycles. The molecule has 450 valence electrons. The Balaban J connectivity index is 1.29. The molecule has 0 saturated carbocycles. The van der Waals surface area contributed by atoms with Crippen molar-refractivity contribution in [2.24, 2.45) is 0 Å². The van der Waals surface area contributed by atoms with Gasteiger partial charge < -0.3 is 148 Å². The van der Waals surface area contributed by atoms with E-state index >= 15 is 0 Å². The Kier molecular flexibility index (Phi) is 22.3. The smallest absolute Gasteiger partial charge is 0.305 e. The molecule has 22 heterocycles. The molecule has 0 amide bonds. The number of carbonyl (C=O) groups is 3. The van der Waals surface area contributed by atoms with Crippen LogP contribution in [0.1, 0.15) is 40.0 Å². The van der Waals surface area contributed by atoms with E-state index in [1.165, 1.54) is 20.8 Å². The molecule has 22 saturated heterocycles. The van der Waals surface area contributed by atoms with E-state index in [4.69, 9.17) is 71.1 Å². The van der Waals surface area contributed by atoms with E-state index < -0.39 is 242 Å². The van der Waals surface area contributed by atoms with Crippen LogP contribution in [0.25, 0.3) is 0 Å². The summed E-state index contributed by atoms with van der Waals surface area (Å²) in [5, 5.41) is 168. The lowest BCUT2D eigenvalue weighted by molar-refractivity contribution is -0.404. The predicted octanol–water partition coefficient (Wildman–Crippen LogP) is -10.2. The Morgan fingerprint density at radius 2 is 0.462 bits per heavy atom. The fourth-order valence-electron chi connectivity index (χ4n) is 9.99. The van der Waals surface area contributed by atoms with Gasteiger partial charge in [0.25, 0.3) is 0 Å². The summed E-state index contributed by atoms with van der Waals surface area (Å²) in [6.45, 7) is -2.17. The first-order valence-corrected chi connectivity index (χ1v) is 25.4. The summed E-state index contributed by atoms with van der Waals surface area (Å²) in [7, 11) is 0. The third-order valence-electron chi connectivity index (χ3n) is 14.3. The number of aliphatic hydroxyl groups excluding tert-OH is 15. The first-order valence-electron chi connectivity index (χ1n) is 25.4. The van der Waals surface area contributed by atoms with Gasteiger partial charge in [0.2, 0.25) is 0 Å². The molecule has 0 radical (unpaired) electrons. The van der Waals surface area contributed by atoms with Crippen molar-refractivity contribution in [2.75, 3.05) is 39.6 Å². The predicted molar refractivity (Wildman–Crippen MR) is 238 cm³/mol. The van der Waals surface area contributed by atoms with E-state index in [0.29, 0.717) is 0 Å². The van der Waals surface area contributed by atoms with Crippen LogP contribution in [0.3, 0.4) is 0 Å². The number of hydrogen-bond acceptors (Lipinski definition) is 33. The monoisotopic (exact) mass is 1140 g/mol. The zero-order valence-electron chi connectivity index (χ0n) is 42.2. The van der Waals surface area contributed by atoms with Gasteiger partial charge in [0.05, 0.1) is 39.6 Å². The molecule has 22 fully saturated rings. The van der Waals surface area contributed by atoms with Crippen LogP contribution in [0, 0.1) is 0 Å². The van der Waals surface area contributed by atoms with E-state index in [-0.39, 0.29) is 19.3 Å². The van der Waals surface area contributed by atoms with Crippen LogP contribution in [-0.2, 0) is 85.4 Å². The average molecular weight is 1140 g/mol. The van der Waals surface area contributed by atoms with Gasteiger partial charge in [0.1, 0.15) is 128 Å². The van der Waals surface area contributed by atoms with Gasteiger partial charge in [-0.3, -0.25) is 14.4 Å². The van der Waals surface area contributed by atoms with Gasteiger partial charge in [-0.25, -0.2) is 0 Å². The molecule has 22 aliphatic rings. The van der Waals surface area contributed by atoms with Crippen molar-refractivity contribution in [2.45, 2.75) is 224 Å². The second kappa shape index (κ2) is 27.6. The van der Waals surface area contributed by atoms with Gasteiger partial charge in [0.15, 0.2) is 56.1 Å². The minimum Gasteiger partial charge on any atom is -0.456 e. The number of ether oxygens (including phenoxy) is 15. The lowest BCUT2D eigenvalue weighted by Gasteiger charge is -2.51. The van der Waals surface area contributed by atoms with E-state index in [9.17, 15) is 91.0 Å². The van der Waals surface area contributed by atoms with Crippen LogP contribution in [0.5, 0.6) is 0 Å². The second-order valence-corrected chi connectivity index (χ2v) is 19.3. The Hall–Kier alpha value is -2.67. The zero-order valence-corrected chi connectivity index (χ0v) is 42.2. The molecule has 33 heteroatoms. The van der Waals surface area contributed by atoms with E-state index in [2.05, 4.69) is 0 Å². The maximum Gasteiger partial charge on any atom is 0.305 e. The highest BCUT2D eigenvalue weighted by Gasteiger charge is 2.60. The molecule has 0 spiro atoms. The highest BCUT2D eigenvalue weighted by molar-refractivity contribution is 5.70. The molecule has 0 aromatic rings. The van der Waals surface area contributed by atoms with Crippen molar-refractivity contribution in [1.29, 1.82) is 0 Å². The van der Waals surface area contributed by atoms with E-state index in [1.54, 1.807) is 0 Å². The van der Waals surface area contributed by atoms with Crippen LogP contribution in [-0.4, -0.2) is 318 Å². The maximum atomic E-state index is 13.0. The normalized spacial score (nSPS) is 48.4. The summed E-state index contributed by atoms with van der Waals surface area (Å²) < 4.78 is 87.1. The largest absolute Gasteiger partial charge is 0.456 e. The van der Waals surface area contributed by atoms with Crippen LogP contribution in [0.2, 0.25) is 0 Å². The molecule has 12 bridgehead atoms. The number of hydrogen-bond donors (Lipinski definition) is 15. The highest BCUT2D eigenvalue weighted by Crippen LogP contribution is 2.39. The molecule has 33 nitrogen and oxygen atoms in total. The molecule has 15 N–H and O–H groups in total. The Morgan fingerprint density at radius 3 is 0.654 bits per heavy atom. The van der Waals surface area contributed by atoms with Crippen LogP contribution in [0.4, 0.5) is 0 Å². The third kappa shape index (κ3) is 13.1. The minimum absolute atomic E-state index is 0.324. The fourth-order valence-corrected chi connectivity index (χ4v) is 9.99. The first-order chi connectivity index (χ1) is 37.2. The first kappa shape index (κ1) is 62.9. The Morgan fingerprint density at radius 1 is 0.282 bits per heavy atom. The molecule has 22 rings (SSSR count). The Bertz CT molecular complexity index is 1900.